The molecule has 1 aromatic rings. The van der Waals surface area contributed by atoms with Gasteiger partial charge in [0.25, 0.3) is 0 Å². The van der Waals surface area contributed by atoms with Crippen molar-refractivity contribution in [3.8, 4) is 11.8 Å². The molecule has 0 aliphatic heterocycles. The van der Waals surface area contributed by atoms with Gasteiger partial charge in [-0.15, -0.1) is 0 Å². The van der Waals surface area contributed by atoms with Crippen LogP contribution in [0.2, 0.25) is 0 Å². The van der Waals surface area contributed by atoms with E-state index in [2.05, 4.69) is 6.07 Å². The van der Waals surface area contributed by atoms with Gasteiger partial charge in [0.1, 0.15) is 5.75 Å². The summed E-state index contributed by atoms with van der Waals surface area (Å²) in [5, 5.41) is 8.97. The molecule has 0 unspecified atom stereocenters. The molecule has 3 heteroatoms. The Morgan fingerprint density at radius 3 is 2.90 bits per heavy atom. The Hall–Kier alpha value is -1.82. The predicted molar refractivity (Wildman–Crippen MR) is 77.8 cm³/mol. The van der Waals surface area contributed by atoms with Crippen molar-refractivity contribution in [1.29, 1.82) is 5.26 Å². The van der Waals surface area contributed by atoms with Gasteiger partial charge in [-0.1, -0.05) is 12.1 Å². The standard InChI is InChI=1S/C17H21NO2/c1-17(2,12-18)10-5-11-20-16-9-4-6-13-14(16)7-3-8-15(13)19/h4,6,9H,3,5,7-8,10-11H2,1-2H3. The first-order valence-corrected chi connectivity index (χ1v) is 7.23. The van der Waals surface area contributed by atoms with Crippen LogP contribution < -0.4 is 4.74 Å². The van der Waals surface area contributed by atoms with Crippen LogP contribution in [0, 0.1) is 16.7 Å². The normalized spacial score (nSPS) is 14.6. The second kappa shape index (κ2) is 6.09. The van der Waals surface area contributed by atoms with Gasteiger partial charge in [-0.2, -0.15) is 5.26 Å². The van der Waals surface area contributed by atoms with Crippen LogP contribution in [0.15, 0.2) is 18.2 Å². The van der Waals surface area contributed by atoms with Gasteiger partial charge in [0, 0.05) is 17.5 Å². The van der Waals surface area contributed by atoms with E-state index in [1.807, 2.05) is 32.0 Å². The Balaban J connectivity index is 1.96. The van der Waals surface area contributed by atoms with Gasteiger partial charge in [0.2, 0.25) is 0 Å². The molecule has 3 nitrogen and oxygen atoms in total. The number of carbonyl (C=O) groups excluding carboxylic acids is 1. The fourth-order valence-electron chi connectivity index (χ4n) is 2.53. The van der Waals surface area contributed by atoms with Crippen molar-refractivity contribution >= 4 is 5.78 Å². The molecule has 106 valence electrons. The molecule has 0 atom stereocenters. The lowest BCUT2D eigenvalue weighted by atomic mass is 9.89. The van der Waals surface area contributed by atoms with E-state index in [9.17, 15) is 4.79 Å². The first-order valence-electron chi connectivity index (χ1n) is 7.23. The number of nitrogens with zero attached hydrogens (tertiary/aromatic N) is 1. The second-order valence-electron chi connectivity index (χ2n) is 6.01. The molecule has 1 aliphatic carbocycles. The fraction of sp³-hybridized carbons (Fsp3) is 0.529. The molecule has 0 radical (unpaired) electrons. The molecular formula is C17H21NO2. The van der Waals surface area contributed by atoms with Crippen LogP contribution in [0.25, 0.3) is 0 Å². The minimum absolute atomic E-state index is 0.224. The first kappa shape index (κ1) is 14.6. The average Bonchev–Trinajstić information content (AvgIpc) is 2.44. The van der Waals surface area contributed by atoms with Crippen LogP contribution in [-0.2, 0) is 6.42 Å². The zero-order valence-electron chi connectivity index (χ0n) is 12.2. The number of benzene rings is 1. The molecule has 0 spiro atoms. The Labute approximate surface area is 120 Å². The van der Waals surface area contributed by atoms with E-state index in [4.69, 9.17) is 10.00 Å². The van der Waals surface area contributed by atoms with Gasteiger partial charge >= 0.3 is 0 Å². The lowest BCUT2D eigenvalue weighted by Gasteiger charge is -2.19. The number of rotatable bonds is 5. The number of hydrogen-bond acceptors (Lipinski definition) is 3. The largest absolute Gasteiger partial charge is 0.493 e. The highest BCUT2D eigenvalue weighted by atomic mass is 16.5. The van der Waals surface area contributed by atoms with E-state index in [-0.39, 0.29) is 11.2 Å². The highest BCUT2D eigenvalue weighted by Gasteiger charge is 2.20. The lowest BCUT2D eigenvalue weighted by Crippen LogP contribution is -2.14. The molecule has 0 saturated carbocycles. The molecule has 0 N–H and O–H groups in total. The highest BCUT2D eigenvalue weighted by Crippen LogP contribution is 2.30. The summed E-state index contributed by atoms with van der Waals surface area (Å²) >= 11 is 0. The fourth-order valence-corrected chi connectivity index (χ4v) is 2.53. The summed E-state index contributed by atoms with van der Waals surface area (Å²) in [4.78, 5) is 11.8. The van der Waals surface area contributed by atoms with Gasteiger partial charge in [-0.05, 0) is 45.6 Å². The van der Waals surface area contributed by atoms with E-state index in [1.165, 1.54) is 0 Å². The topological polar surface area (TPSA) is 50.1 Å². The summed E-state index contributed by atoms with van der Waals surface area (Å²) in [5.74, 6) is 1.06. The van der Waals surface area contributed by atoms with Crippen molar-refractivity contribution in [3.63, 3.8) is 0 Å². The number of ketones is 1. The van der Waals surface area contributed by atoms with Crippen LogP contribution in [0.4, 0.5) is 0 Å². The zero-order chi connectivity index (χ0) is 14.6. The van der Waals surface area contributed by atoms with E-state index >= 15 is 0 Å². The Morgan fingerprint density at radius 2 is 2.15 bits per heavy atom. The zero-order valence-corrected chi connectivity index (χ0v) is 12.2. The molecular weight excluding hydrogens is 250 g/mol. The van der Waals surface area contributed by atoms with E-state index in [0.717, 1.165) is 42.6 Å². The molecule has 0 fully saturated rings. The lowest BCUT2D eigenvalue weighted by molar-refractivity contribution is 0.0971. The first-order chi connectivity index (χ1) is 9.53. The van der Waals surface area contributed by atoms with Gasteiger partial charge in [-0.3, -0.25) is 4.79 Å². The van der Waals surface area contributed by atoms with Gasteiger partial charge in [0.05, 0.1) is 18.1 Å². The SMILES string of the molecule is CC(C)(C#N)CCCOc1cccc2c1CCCC2=O. The van der Waals surface area contributed by atoms with Crippen LogP contribution in [0.5, 0.6) is 5.75 Å². The molecule has 2 rings (SSSR count). The van der Waals surface area contributed by atoms with Crippen molar-refractivity contribution in [3.05, 3.63) is 29.3 Å². The molecule has 20 heavy (non-hydrogen) atoms. The Kier molecular flexibility index (Phi) is 4.44. The summed E-state index contributed by atoms with van der Waals surface area (Å²) in [6.07, 6.45) is 4.14. The number of hydrogen-bond donors (Lipinski definition) is 0. The molecule has 1 aliphatic rings. The maximum Gasteiger partial charge on any atom is 0.163 e. The Morgan fingerprint density at radius 1 is 1.35 bits per heavy atom. The van der Waals surface area contributed by atoms with Crippen LogP contribution in [-0.4, -0.2) is 12.4 Å². The predicted octanol–water partition coefficient (Wildman–Crippen LogP) is 3.91. The molecule has 0 amide bonds. The average molecular weight is 271 g/mol. The van der Waals surface area contributed by atoms with Crippen LogP contribution in [0.3, 0.4) is 0 Å². The third kappa shape index (κ3) is 3.39. The second-order valence-corrected chi connectivity index (χ2v) is 6.01. The van der Waals surface area contributed by atoms with Crippen molar-refractivity contribution < 1.29 is 9.53 Å². The van der Waals surface area contributed by atoms with Crippen LogP contribution in [0.1, 0.15) is 55.5 Å². The van der Waals surface area contributed by atoms with Gasteiger partial charge in [-0.25, -0.2) is 0 Å². The summed E-state index contributed by atoms with van der Waals surface area (Å²) in [7, 11) is 0. The van der Waals surface area contributed by atoms with E-state index in [0.29, 0.717) is 13.0 Å². The van der Waals surface area contributed by atoms with E-state index < -0.39 is 0 Å². The molecule has 0 heterocycles. The highest BCUT2D eigenvalue weighted by molar-refractivity contribution is 5.99. The van der Waals surface area contributed by atoms with Crippen molar-refractivity contribution in [2.75, 3.05) is 6.61 Å². The molecule has 1 aromatic carbocycles. The molecule has 0 aromatic heterocycles. The maximum atomic E-state index is 11.8. The minimum atomic E-state index is -0.296. The molecule has 0 saturated heterocycles. The number of fused-ring (bicyclic) bond motifs is 1. The number of Topliss-reactive ketones (excluding diaryl/α,β-unsaturated/α-hetero) is 1. The van der Waals surface area contributed by atoms with Crippen molar-refractivity contribution in [1.82, 2.24) is 0 Å². The van der Waals surface area contributed by atoms with Gasteiger partial charge < -0.3 is 4.74 Å². The van der Waals surface area contributed by atoms with Crippen molar-refractivity contribution in [2.45, 2.75) is 46.0 Å². The summed E-state index contributed by atoms with van der Waals surface area (Å²) in [6, 6.07) is 8.01. The van der Waals surface area contributed by atoms with Crippen LogP contribution >= 0.6 is 0 Å². The summed E-state index contributed by atoms with van der Waals surface area (Å²) in [6.45, 7) is 4.47. The summed E-state index contributed by atoms with van der Waals surface area (Å²) in [5.41, 5.74) is 1.59. The Bertz CT molecular complexity index is 540. The van der Waals surface area contributed by atoms with E-state index in [1.54, 1.807) is 0 Å². The minimum Gasteiger partial charge on any atom is -0.493 e. The van der Waals surface area contributed by atoms with Crippen molar-refractivity contribution in [2.24, 2.45) is 5.41 Å². The molecule has 0 bridgehead atoms. The van der Waals surface area contributed by atoms with Gasteiger partial charge in [0.15, 0.2) is 5.78 Å². The third-order valence-corrected chi connectivity index (χ3v) is 3.77. The third-order valence-electron chi connectivity index (χ3n) is 3.77. The smallest absolute Gasteiger partial charge is 0.163 e. The number of ether oxygens (including phenoxy) is 1. The monoisotopic (exact) mass is 271 g/mol. The number of carbonyl (C=O) groups is 1. The quantitative estimate of drug-likeness (QED) is 0.763. The number of nitriles is 1. The summed E-state index contributed by atoms with van der Waals surface area (Å²) < 4.78 is 5.83. The maximum absolute atomic E-state index is 11.8.